The number of nitrogens with one attached hydrogen (secondary N) is 1. The lowest BCUT2D eigenvalue weighted by molar-refractivity contribution is -0.154. The Bertz CT molecular complexity index is 810. The Kier molecular flexibility index (Phi) is 6.61. The zero-order valence-corrected chi connectivity index (χ0v) is 16.2. The van der Waals surface area contributed by atoms with Crippen LogP contribution in [0.5, 0.6) is 5.88 Å². The van der Waals surface area contributed by atoms with Crippen LogP contribution in [0.4, 0.5) is 18.0 Å². The molecule has 29 heavy (non-hydrogen) atoms. The maximum absolute atomic E-state index is 12.9. The van der Waals surface area contributed by atoms with Gasteiger partial charge in [0.05, 0.1) is 6.04 Å². The van der Waals surface area contributed by atoms with Gasteiger partial charge in [-0.25, -0.2) is 9.78 Å². The van der Waals surface area contributed by atoms with Gasteiger partial charge in [0.15, 0.2) is 6.61 Å². The van der Waals surface area contributed by atoms with Crippen molar-refractivity contribution in [3.8, 4) is 5.88 Å². The van der Waals surface area contributed by atoms with E-state index in [0.29, 0.717) is 18.0 Å². The van der Waals surface area contributed by atoms with E-state index in [0.717, 1.165) is 18.4 Å². The molecular formula is C21H24F3N3O2. The van der Waals surface area contributed by atoms with Gasteiger partial charge in [-0.15, -0.1) is 0 Å². The number of nitrogens with zero attached hydrogens (tertiary/aromatic N) is 2. The topological polar surface area (TPSA) is 54.5 Å². The standard InChI is InChI=1S/C21H24F3N3O2/c1-15(17-6-3-2-4-7-17)27(13-16-9-10-16)20(28)26-12-18-8-5-11-25-19(18)29-14-21(22,23)24/h2-8,11,15-16H,9-10,12-14H2,1H3,(H,26,28). The summed E-state index contributed by atoms with van der Waals surface area (Å²) in [6, 6.07) is 12.5. The number of carbonyl (C=O) groups excluding carboxylic acids is 1. The molecule has 1 aliphatic carbocycles. The SMILES string of the molecule is CC(c1ccccc1)N(CC1CC1)C(=O)NCc1cccnc1OCC(F)(F)F. The first-order chi connectivity index (χ1) is 13.8. The molecule has 2 aromatic rings. The van der Waals surface area contributed by atoms with Gasteiger partial charge in [-0.05, 0) is 37.3 Å². The van der Waals surface area contributed by atoms with E-state index in [2.05, 4.69) is 10.3 Å². The number of ether oxygens (including phenoxy) is 1. The Morgan fingerprint density at radius 3 is 2.62 bits per heavy atom. The average molecular weight is 407 g/mol. The summed E-state index contributed by atoms with van der Waals surface area (Å²) in [5.41, 5.74) is 1.42. The summed E-state index contributed by atoms with van der Waals surface area (Å²) in [7, 11) is 0. The molecule has 2 amide bonds. The number of amides is 2. The number of aromatic nitrogens is 1. The minimum absolute atomic E-state index is 0.0303. The Hall–Kier alpha value is -2.77. The third kappa shape index (κ3) is 6.37. The molecule has 156 valence electrons. The van der Waals surface area contributed by atoms with Crippen molar-refractivity contribution in [1.82, 2.24) is 15.2 Å². The molecule has 1 heterocycles. The number of carbonyl (C=O) groups is 1. The van der Waals surface area contributed by atoms with Crippen LogP contribution in [0.15, 0.2) is 48.7 Å². The summed E-state index contributed by atoms with van der Waals surface area (Å²) in [5, 5.41) is 2.81. The first-order valence-electron chi connectivity index (χ1n) is 9.56. The number of hydrogen-bond acceptors (Lipinski definition) is 3. The molecule has 1 fully saturated rings. The highest BCUT2D eigenvalue weighted by molar-refractivity contribution is 5.75. The molecule has 1 unspecified atom stereocenters. The van der Waals surface area contributed by atoms with Crippen molar-refractivity contribution in [1.29, 1.82) is 0 Å². The number of benzene rings is 1. The Balaban J connectivity index is 1.66. The summed E-state index contributed by atoms with van der Waals surface area (Å²) in [6.07, 6.45) is -0.898. The van der Waals surface area contributed by atoms with Gasteiger partial charge in [0.2, 0.25) is 5.88 Å². The maximum atomic E-state index is 12.9. The molecule has 1 saturated carbocycles. The second-order valence-corrected chi connectivity index (χ2v) is 7.21. The number of alkyl halides is 3. The molecule has 3 rings (SSSR count). The quantitative estimate of drug-likeness (QED) is 0.690. The zero-order chi connectivity index (χ0) is 20.9. The molecule has 8 heteroatoms. The number of pyridine rings is 1. The van der Waals surface area contributed by atoms with Crippen LogP contribution >= 0.6 is 0 Å². The predicted octanol–water partition coefficient (Wildman–Crippen LogP) is 4.71. The Morgan fingerprint density at radius 1 is 1.24 bits per heavy atom. The highest BCUT2D eigenvalue weighted by Gasteiger charge is 2.31. The van der Waals surface area contributed by atoms with Crippen molar-refractivity contribution >= 4 is 6.03 Å². The first-order valence-corrected chi connectivity index (χ1v) is 9.56. The fraction of sp³-hybridized carbons (Fsp3) is 0.429. The fourth-order valence-corrected chi connectivity index (χ4v) is 3.02. The molecule has 0 aliphatic heterocycles. The molecule has 0 bridgehead atoms. The summed E-state index contributed by atoms with van der Waals surface area (Å²) in [5.74, 6) is 0.367. The van der Waals surface area contributed by atoms with E-state index < -0.39 is 12.8 Å². The fourth-order valence-electron chi connectivity index (χ4n) is 3.02. The monoisotopic (exact) mass is 407 g/mol. The Morgan fingerprint density at radius 2 is 1.97 bits per heavy atom. The van der Waals surface area contributed by atoms with Gasteiger partial charge in [0, 0.05) is 24.8 Å². The van der Waals surface area contributed by atoms with E-state index in [9.17, 15) is 18.0 Å². The van der Waals surface area contributed by atoms with E-state index in [4.69, 9.17) is 4.74 Å². The summed E-state index contributed by atoms with van der Waals surface area (Å²) in [4.78, 5) is 18.5. The van der Waals surface area contributed by atoms with Gasteiger partial charge >= 0.3 is 12.2 Å². The van der Waals surface area contributed by atoms with E-state index in [1.807, 2.05) is 37.3 Å². The van der Waals surface area contributed by atoms with Crippen molar-refractivity contribution < 1.29 is 22.7 Å². The molecule has 1 aromatic carbocycles. The van der Waals surface area contributed by atoms with Crippen molar-refractivity contribution in [3.05, 3.63) is 59.8 Å². The highest BCUT2D eigenvalue weighted by Crippen LogP contribution is 2.33. The largest absolute Gasteiger partial charge is 0.468 e. The molecule has 1 N–H and O–H groups in total. The molecule has 0 saturated heterocycles. The van der Waals surface area contributed by atoms with Crippen LogP contribution in [-0.4, -0.2) is 35.2 Å². The summed E-state index contributed by atoms with van der Waals surface area (Å²) in [6.45, 7) is 1.22. The van der Waals surface area contributed by atoms with Crippen LogP contribution < -0.4 is 10.1 Å². The molecule has 0 radical (unpaired) electrons. The zero-order valence-electron chi connectivity index (χ0n) is 16.2. The van der Waals surface area contributed by atoms with E-state index in [1.54, 1.807) is 17.0 Å². The van der Waals surface area contributed by atoms with Crippen LogP contribution in [0.1, 0.15) is 36.9 Å². The van der Waals surface area contributed by atoms with Crippen molar-refractivity contribution in [3.63, 3.8) is 0 Å². The molecule has 5 nitrogen and oxygen atoms in total. The normalized spacial score (nSPS) is 14.9. The Labute approximate surface area is 167 Å². The van der Waals surface area contributed by atoms with Gasteiger partial charge in [-0.1, -0.05) is 36.4 Å². The lowest BCUT2D eigenvalue weighted by Crippen LogP contribution is -2.42. The molecule has 0 spiro atoms. The summed E-state index contributed by atoms with van der Waals surface area (Å²) < 4.78 is 42.1. The van der Waals surface area contributed by atoms with E-state index >= 15 is 0 Å². The van der Waals surface area contributed by atoms with Gasteiger partial charge in [-0.2, -0.15) is 13.2 Å². The van der Waals surface area contributed by atoms with E-state index in [-0.39, 0.29) is 24.5 Å². The number of urea groups is 1. The van der Waals surface area contributed by atoms with E-state index in [1.165, 1.54) is 6.20 Å². The third-order valence-corrected chi connectivity index (χ3v) is 4.81. The van der Waals surface area contributed by atoms with Crippen molar-refractivity contribution in [2.24, 2.45) is 5.92 Å². The number of rotatable bonds is 8. The van der Waals surface area contributed by atoms with Gasteiger partial charge < -0.3 is 15.0 Å². The highest BCUT2D eigenvalue weighted by atomic mass is 19.4. The lowest BCUT2D eigenvalue weighted by atomic mass is 10.1. The van der Waals surface area contributed by atoms with Crippen LogP contribution in [0.25, 0.3) is 0 Å². The smallest absolute Gasteiger partial charge is 0.422 e. The van der Waals surface area contributed by atoms with Crippen molar-refractivity contribution in [2.75, 3.05) is 13.2 Å². The minimum atomic E-state index is -4.45. The number of hydrogen-bond donors (Lipinski definition) is 1. The summed E-state index contributed by atoms with van der Waals surface area (Å²) >= 11 is 0. The minimum Gasteiger partial charge on any atom is -0.468 e. The van der Waals surface area contributed by atoms with Crippen LogP contribution in [0, 0.1) is 5.92 Å². The molecule has 1 aliphatic rings. The van der Waals surface area contributed by atoms with Crippen LogP contribution in [0.2, 0.25) is 0 Å². The van der Waals surface area contributed by atoms with Crippen LogP contribution in [-0.2, 0) is 6.54 Å². The maximum Gasteiger partial charge on any atom is 0.422 e. The third-order valence-electron chi connectivity index (χ3n) is 4.81. The second kappa shape index (κ2) is 9.15. The first kappa shape index (κ1) is 21.0. The van der Waals surface area contributed by atoms with Gasteiger partial charge in [0.25, 0.3) is 0 Å². The predicted molar refractivity (Wildman–Crippen MR) is 102 cm³/mol. The van der Waals surface area contributed by atoms with Crippen molar-refractivity contribution in [2.45, 2.75) is 38.5 Å². The lowest BCUT2D eigenvalue weighted by Gasteiger charge is -2.30. The molecule has 1 aromatic heterocycles. The van der Waals surface area contributed by atoms with Crippen LogP contribution in [0.3, 0.4) is 0 Å². The van der Waals surface area contributed by atoms with Gasteiger partial charge in [-0.3, -0.25) is 0 Å². The molecule has 1 atom stereocenters. The average Bonchev–Trinajstić information content (AvgIpc) is 3.53. The molecular weight excluding hydrogens is 383 g/mol. The second-order valence-electron chi connectivity index (χ2n) is 7.21. The van der Waals surface area contributed by atoms with Gasteiger partial charge in [0.1, 0.15) is 0 Å². The number of halogens is 3.